The maximum atomic E-state index is 13.2. The number of rotatable bonds is 3. The molecule has 2 aromatic heterocycles. The lowest BCUT2D eigenvalue weighted by Gasteiger charge is -2.24. The molecule has 1 atom stereocenters. The maximum absolute atomic E-state index is 13.2. The van der Waals surface area contributed by atoms with E-state index < -0.39 is 0 Å². The summed E-state index contributed by atoms with van der Waals surface area (Å²) in [5.74, 6) is 0.0336. The standard InChI is InChI=1S/C18H25N5OS/c1-12-5-6-16(25-12)15-4-3-11-22(15)18(24)17-13(2)23(21-20-17)14-7-9-19-10-8-14/h5-6,14-15,19H,3-4,7-11H2,1-2H3/t15-/m1/s1. The molecule has 2 aromatic rings. The zero-order chi connectivity index (χ0) is 17.4. The van der Waals surface area contributed by atoms with Crippen LogP contribution in [0.1, 0.15) is 63.7 Å². The summed E-state index contributed by atoms with van der Waals surface area (Å²) < 4.78 is 1.97. The van der Waals surface area contributed by atoms with Crippen LogP contribution < -0.4 is 5.32 Å². The highest BCUT2D eigenvalue weighted by molar-refractivity contribution is 7.12. The van der Waals surface area contributed by atoms with Gasteiger partial charge in [-0.1, -0.05) is 5.21 Å². The van der Waals surface area contributed by atoms with Crippen LogP contribution in [0, 0.1) is 13.8 Å². The van der Waals surface area contributed by atoms with Gasteiger partial charge in [0.1, 0.15) is 0 Å². The third kappa shape index (κ3) is 3.11. The Labute approximate surface area is 152 Å². The van der Waals surface area contributed by atoms with E-state index in [4.69, 9.17) is 0 Å². The monoisotopic (exact) mass is 359 g/mol. The van der Waals surface area contributed by atoms with Gasteiger partial charge in [-0.25, -0.2) is 4.68 Å². The Morgan fingerprint density at radius 3 is 2.76 bits per heavy atom. The van der Waals surface area contributed by atoms with Gasteiger partial charge in [0.15, 0.2) is 5.69 Å². The fourth-order valence-electron chi connectivity index (χ4n) is 4.01. The van der Waals surface area contributed by atoms with Gasteiger partial charge in [-0.3, -0.25) is 4.79 Å². The molecule has 2 fully saturated rings. The van der Waals surface area contributed by atoms with Crippen LogP contribution in [0.5, 0.6) is 0 Å². The van der Waals surface area contributed by atoms with Crippen LogP contribution in [-0.2, 0) is 0 Å². The van der Waals surface area contributed by atoms with Crippen molar-refractivity contribution in [1.29, 1.82) is 0 Å². The third-order valence-electron chi connectivity index (χ3n) is 5.39. The predicted octanol–water partition coefficient (Wildman–Crippen LogP) is 2.86. The third-order valence-corrected chi connectivity index (χ3v) is 6.49. The molecule has 2 aliphatic heterocycles. The van der Waals surface area contributed by atoms with Crippen molar-refractivity contribution >= 4 is 17.2 Å². The molecule has 2 aliphatic rings. The van der Waals surface area contributed by atoms with Crippen LogP contribution in [0.3, 0.4) is 0 Å². The Bertz CT molecular complexity index is 761. The van der Waals surface area contributed by atoms with Crippen molar-refractivity contribution < 1.29 is 4.79 Å². The largest absolute Gasteiger partial charge is 0.329 e. The Balaban J connectivity index is 1.57. The lowest BCUT2D eigenvalue weighted by atomic mass is 10.1. The van der Waals surface area contributed by atoms with Crippen LogP contribution >= 0.6 is 11.3 Å². The molecule has 0 spiro atoms. The number of aryl methyl sites for hydroxylation is 1. The SMILES string of the molecule is Cc1ccc([C@H]2CCCN2C(=O)c2nnn(C3CCNCC3)c2C)s1. The molecule has 1 amide bonds. The fraction of sp³-hybridized carbons (Fsp3) is 0.611. The molecule has 4 rings (SSSR count). The van der Waals surface area contributed by atoms with E-state index in [1.807, 2.05) is 16.5 Å². The first-order valence-corrected chi connectivity index (χ1v) is 9.96. The second-order valence-electron chi connectivity index (χ2n) is 7.05. The number of likely N-dealkylation sites (tertiary alicyclic amines) is 1. The second-order valence-corrected chi connectivity index (χ2v) is 8.37. The molecular formula is C18H25N5OS. The smallest absolute Gasteiger partial charge is 0.276 e. The van der Waals surface area contributed by atoms with E-state index in [-0.39, 0.29) is 11.9 Å². The zero-order valence-corrected chi connectivity index (χ0v) is 15.7. The van der Waals surface area contributed by atoms with Gasteiger partial charge in [0.05, 0.1) is 17.8 Å². The van der Waals surface area contributed by atoms with Crippen molar-refractivity contribution in [3.63, 3.8) is 0 Å². The predicted molar refractivity (Wildman–Crippen MR) is 98.0 cm³/mol. The van der Waals surface area contributed by atoms with E-state index in [1.165, 1.54) is 9.75 Å². The number of hydrogen-bond acceptors (Lipinski definition) is 5. The van der Waals surface area contributed by atoms with E-state index >= 15 is 0 Å². The number of piperidine rings is 1. The lowest BCUT2D eigenvalue weighted by molar-refractivity contribution is 0.0731. The minimum absolute atomic E-state index is 0.0336. The van der Waals surface area contributed by atoms with Gasteiger partial charge in [0.25, 0.3) is 5.91 Å². The van der Waals surface area contributed by atoms with Gasteiger partial charge in [0, 0.05) is 16.3 Å². The van der Waals surface area contributed by atoms with Crippen LogP contribution in [-0.4, -0.2) is 45.4 Å². The average Bonchev–Trinajstić information content (AvgIpc) is 3.34. The van der Waals surface area contributed by atoms with Crippen molar-refractivity contribution in [2.24, 2.45) is 0 Å². The zero-order valence-electron chi connectivity index (χ0n) is 14.9. The molecule has 2 saturated heterocycles. The average molecular weight is 359 g/mol. The molecule has 0 aliphatic carbocycles. The minimum Gasteiger partial charge on any atom is -0.329 e. The Morgan fingerprint density at radius 1 is 1.24 bits per heavy atom. The van der Waals surface area contributed by atoms with E-state index in [9.17, 15) is 4.79 Å². The number of hydrogen-bond donors (Lipinski definition) is 1. The van der Waals surface area contributed by atoms with Crippen molar-refractivity contribution in [3.05, 3.63) is 33.3 Å². The van der Waals surface area contributed by atoms with Gasteiger partial charge in [-0.05, 0) is 64.8 Å². The molecule has 0 unspecified atom stereocenters. The summed E-state index contributed by atoms with van der Waals surface area (Å²) in [5.41, 5.74) is 1.43. The van der Waals surface area contributed by atoms with Gasteiger partial charge < -0.3 is 10.2 Å². The van der Waals surface area contributed by atoms with Crippen molar-refractivity contribution in [3.8, 4) is 0 Å². The van der Waals surface area contributed by atoms with Crippen LogP contribution in [0.4, 0.5) is 0 Å². The Kier molecular flexibility index (Phi) is 4.60. The summed E-state index contributed by atoms with van der Waals surface area (Å²) >= 11 is 1.79. The van der Waals surface area contributed by atoms with Crippen LogP contribution in [0.2, 0.25) is 0 Å². The summed E-state index contributed by atoms with van der Waals surface area (Å²) in [6.07, 6.45) is 4.17. The number of thiophene rings is 1. The lowest BCUT2D eigenvalue weighted by Crippen LogP contribution is -2.32. The maximum Gasteiger partial charge on any atom is 0.276 e. The molecule has 0 aromatic carbocycles. The molecule has 0 radical (unpaired) electrons. The van der Waals surface area contributed by atoms with Gasteiger partial charge in [-0.15, -0.1) is 16.4 Å². The van der Waals surface area contributed by atoms with E-state index in [0.29, 0.717) is 11.7 Å². The van der Waals surface area contributed by atoms with Gasteiger partial charge in [-0.2, -0.15) is 0 Å². The van der Waals surface area contributed by atoms with Crippen LogP contribution in [0.25, 0.3) is 0 Å². The first-order chi connectivity index (χ1) is 12.1. The van der Waals surface area contributed by atoms with Crippen molar-refractivity contribution in [2.75, 3.05) is 19.6 Å². The number of aromatic nitrogens is 3. The summed E-state index contributed by atoms with van der Waals surface area (Å²) in [5, 5.41) is 12.0. The topological polar surface area (TPSA) is 63.1 Å². The first kappa shape index (κ1) is 16.7. The Hall–Kier alpha value is -1.73. The molecule has 1 N–H and O–H groups in total. The highest BCUT2D eigenvalue weighted by atomic mass is 32.1. The summed E-state index contributed by atoms with van der Waals surface area (Å²) in [6, 6.07) is 4.84. The highest BCUT2D eigenvalue weighted by Gasteiger charge is 2.34. The first-order valence-electron chi connectivity index (χ1n) is 9.15. The highest BCUT2D eigenvalue weighted by Crippen LogP contribution is 2.36. The number of nitrogens with one attached hydrogen (secondary N) is 1. The fourth-order valence-corrected chi connectivity index (χ4v) is 5.04. The normalized spacial score (nSPS) is 21.8. The van der Waals surface area contributed by atoms with Crippen molar-refractivity contribution in [2.45, 2.75) is 51.6 Å². The summed E-state index contributed by atoms with van der Waals surface area (Å²) in [4.78, 5) is 17.7. The van der Waals surface area contributed by atoms with E-state index in [0.717, 1.165) is 51.0 Å². The van der Waals surface area contributed by atoms with Crippen LogP contribution in [0.15, 0.2) is 12.1 Å². The van der Waals surface area contributed by atoms with E-state index in [2.05, 4.69) is 34.7 Å². The number of nitrogens with zero attached hydrogens (tertiary/aromatic N) is 4. The molecule has 4 heterocycles. The molecule has 6 nitrogen and oxygen atoms in total. The number of amides is 1. The van der Waals surface area contributed by atoms with Gasteiger partial charge >= 0.3 is 0 Å². The van der Waals surface area contributed by atoms with Gasteiger partial charge in [0.2, 0.25) is 0 Å². The molecule has 0 saturated carbocycles. The number of carbonyl (C=O) groups is 1. The van der Waals surface area contributed by atoms with E-state index in [1.54, 1.807) is 11.3 Å². The second kappa shape index (κ2) is 6.88. The molecule has 25 heavy (non-hydrogen) atoms. The Morgan fingerprint density at radius 2 is 2.04 bits per heavy atom. The summed E-state index contributed by atoms with van der Waals surface area (Å²) in [6.45, 7) is 6.90. The minimum atomic E-state index is 0.0336. The molecular weight excluding hydrogens is 334 g/mol. The quantitative estimate of drug-likeness (QED) is 0.915. The molecule has 7 heteroatoms. The molecule has 0 bridgehead atoms. The van der Waals surface area contributed by atoms with Crippen molar-refractivity contribution in [1.82, 2.24) is 25.2 Å². The summed E-state index contributed by atoms with van der Waals surface area (Å²) in [7, 11) is 0. The molecule has 134 valence electrons. The number of carbonyl (C=O) groups excluding carboxylic acids is 1.